The lowest BCUT2D eigenvalue weighted by molar-refractivity contribution is -0.129. The van der Waals surface area contributed by atoms with Crippen LogP contribution >= 0.6 is 11.6 Å². The molecule has 1 aromatic heterocycles. The van der Waals surface area contributed by atoms with Gasteiger partial charge in [-0.3, -0.25) is 9.59 Å². The monoisotopic (exact) mass is 377 g/mol. The molecule has 7 heteroatoms. The van der Waals surface area contributed by atoms with Crippen molar-refractivity contribution >= 4 is 23.4 Å². The average molecular weight is 378 g/mol. The van der Waals surface area contributed by atoms with Crippen molar-refractivity contribution in [2.45, 2.75) is 26.8 Å². The number of halogens is 2. The summed E-state index contributed by atoms with van der Waals surface area (Å²) in [5.41, 5.74) is 0.511. The Kier molecular flexibility index (Phi) is 5.97. The maximum atomic E-state index is 13.3. The first kappa shape index (κ1) is 19.8. The molecule has 0 saturated carbocycles. The Labute approximate surface area is 157 Å². The molecular weight excluding hydrogens is 357 g/mol. The normalized spacial score (nSPS) is 12.4. The standard InChI is InChI=1S/C19H21ClFN3O2/c1-11(19(2,3)18(26)22-4)23-17(25)16-7-5-6-15(24-16)12-8-9-14(21)13(20)10-12/h5-11H,1-4H3,(H,22,26)(H,23,25). The van der Waals surface area contributed by atoms with Crippen molar-refractivity contribution in [1.29, 1.82) is 0 Å². The Balaban J connectivity index is 2.23. The Morgan fingerprint density at radius 1 is 1.23 bits per heavy atom. The second kappa shape index (κ2) is 7.83. The summed E-state index contributed by atoms with van der Waals surface area (Å²) in [5.74, 6) is -1.09. The highest BCUT2D eigenvalue weighted by Gasteiger charge is 2.34. The van der Waals surface area contributed by atoms with Gasteiger partial charge in [0.2, 0.25) is 5.91 Å². The van der Waals surface area contributed by atoms with Gasteiger partial charge in [0.05, 0.1) is 16.1 Å². The summed E-state index contributed by atoms with van der Waals surface area (Å²) < 4.78 is 13.3. The number of pyridine rings is 1. The maximum Gasteiger partial charge on any atom is 0.270 e. The molecule has 1 atom stereocenters. The highest BCUT2D eigenvalue weighted by molar-refractivity contribution is 6.31. The molecule has 2 amide bonds. The van der Waals surface area contributed by atoms with Crippen LogP contribution in [0.2, 0.25) is 5.02 Å². The molecule has 0 fully saturated rings. The van der Waals surface area contributed by atoms with Crippen LogP contribution in [-0.4, -0.2) is 29.9 Å². The van der Waals surface area contributed by atoms with Gasteiger partial charge in [0.1, 0.15) is 11.5 Å². The van der Waals surface area contributed by atoms with E-state index in [1.807, 2.05) is 0 Å². The third-order valence-corrected chi connectivity index (χ3v) is 4.73. The molecule has 0 aliphatic rings. The Morgan fingerprint density at radius 2 is 1.92 bits per heavy atom. The average Bonchev–Trinajstić information content (AvgIpc) is 2.63. The first-order chi connectivity index (χ1) is 12.2. The van der Waals surface area contributed by atoms with Gasteiger partial charge < -0.3 is 10.6 Å². The number of benzene rings is 1. The molecular formula is C19H21ClFN3O2. The largest absolute Gasteiger partial charge is 0.359 e. The molecule has 0 saturated heterocycles. The highest BCUT2D eigenvalue weighted by atomic mass is 35.5. The smallest absolute Gasteiger partial charge is 0.270 e. The first-order valence-corrected chi connectivity index (χ1v) is 8.50. The lowest BCUT2D eigenvalue weighted by Crippen LogP contribution is -2.50. The minimum atomic E-state index is -0.785. The quantitative estimate of drug-likeness (QED) is 0.838. The Bertz CT molecular complexity index is 839. The summed E-state index contributed by atoms with van der Waals surface area (Å²) in [6.45, 7) is 5.26. The molecule has 2 aromatic rings. The van der Waals surface area contributed by atoms with E-state index in [0.29, 0.717) is 11.3 Å². The summed E-state index contributed by atoms with van der Waals surface area (Å²) in [6, 6.07) is 8.80. The maximum absolute atomic E-state index is 13.3. The highest BCUT2D eigenvalue weighted by Crippen LogP contribution is 2.24. The molecule has 5 nitrogen and oxygen atoms in total. The van der Waals surface area contributed by atoms with Crippen LogP contribution in [0, 0.1) is 11.2 Å². The summed E-state index contributed by atoms with van der Waals surface area (Å²) >= 11 is 5.81. The van der Waals surface area contributed by atoms with Crippen molar-refractivity contribution in [2.75, 3.05) is 7.05 Å². The molecule has 0 radical (unpaired) electrons. The van der Waals surface area contributed by atoms with Crippen LogP contribution < -0.4 is 10.6 Å². The van der Waals surface area contributed by atoms with Crippen molar-refractivity contribution in [3.8, 4) is 11.3 Å². The topological polar surface area (TPSA) is 71.1 Å². The molecule has 1 aromatic carbocycles. The van der Waals surface area contributed by atoms with Gasteiger partial charge in [0, 0.05) is 18.7 Å². The number of nitrogens with zero attached hydrogens (tertiary/aromatic N) is 1. The number of aromatic nitrogens is 1. The van der Waals surface area contributed by atoms with E-state index in [4.69, 9.17) is 11.6 Å². The van der Waals surface area contributed by atoms with E-state index in [0.717, 1.165) is 0 Å². The van der Waals surface area contributed by atoms with Crippen LogP contribution in [0.4, 0.5) is 4.39 Å². The van der Waals surface area contributed by atoms with Gasteiger partial charge in [-0.15, -0.1) is 0 Å². The van der Waals surface area contributed by atoms with Crippen molar-refractivity contribution in [3.63, 3.8) is 0 Å². The van der Waals surface area contributed by atoms with E-state index < -0.39 is 23.2 Å². The van der Waals surface area contributed by atoms with Crippen LogP contribution in [0.3, 0.4) is 0 Å². The van der Waals surface area contributed by atoms with Crippen molar-refractivity contribution < 1.29 is 14.0 Å². The number of carbonyl (C=O) groups excluding carboxylic acids is 2. The SMILES string of the molecule is CNC(=O)C(C)(C)C(C)NC(=O)c1cccc(-c2ccc(F)c(Cl)c2)n1. The van der Waals surface area contributed by atoms with Gasteiger partial charge in [0.15, 0.2) is 0 Å². The van der Waals surface area contributed by atoms with E-state index in [1.165, 1.54) is 12.1 Å². The van der Waals surface area contributed by atoms with Gasteiger partial charge in [-0.2, -0.15) is 0 Å². The second-order valence-electron chi connectivity index (χ2n) is 6.53. The van der Waals surface area contributed by atoms with Crippen molar-refractivity contribution in [1.82, 2.24) is 15.6 Å². The number of amides is 2. The number of rotatable bonds is 5. The van der Waals surface area contributed by atoms with E-state index in [1.54, 1.807) is 52.1 Å². The van der Waals surface area contributed by atoms with Gasteiger partial charge in [-0.25, -0.2) is 9.37 Å². The molecule has 2 N–H and O–H groups in total. The molecule has 0 bridgehead atoms. The van der Waals surface area contributed by atoms with Crippen LogP contribution in [-0.2, 0) is 4.79 Å². The predicted octanol–water partition coefficient (Wildman–Crippen LogP) is 3.43. The van der Waals surface area contributed by atoms with Crippen molar-refractivity contribution in [3.05, 3.63) is 52.9 Å². The van der Waals surface area contributed by atoms with Crippen LogP contribution in [0.5, 0.6) is 0 Å². The summed E-state index contributed by atoms with van der Waals surface area (Å²) in [6.07, 6.45) is 0. The minimum absolute atomic E-state index is 0.0138. The fourth-order valence-electron chi connectivity index (χ4n) is 2.35. The fourth-order valence-corrected chi connectivity index (χ4v) is 2.53. The van der Waals surface area contributed by atoms with Gasteiger partial charge >= 0.3 is 0 Å². The minimum Gasteiger partial charge on any atom is -0.359 e. The summed E-state index contributed by atoms with van der Waals surface area (Å²) in [7, 11) is 1.55. The summed E-state index contributed by atoms with van der Waals surface area (Å²) in [5, 5.41) is 5.38. The molecule has 0 spiro atoms. The van der Waals surface area contributed by atoms with E-state index in [9.17, 15) is 14.0 Å². The number of hydrogen-bond donors (Lipinski definition) is 2. The lowest BCUT2D eigenvalue weighted by atomic mass is 9.84. The molecule has 26 heavy (non-hydrogen) atoms. The third-order valence-electron chi connectivity index (χ3n) is 4.44. The second-order valence-corrected chi connectivity index (χ2v) is 6.94. The zero-order valence-corrected chi connectivity index (χ0v) is 15.8. The molecule has 2 rings (SSSR count). The molecule has 1 heterocycles. The zero-order valence-electron chi connectivity index (χ0n) is 15.1. The molecule has 0 aliphatic carbocycles. The summed E-state index contributed by atoms with van der Waals surface area (Å²) in [4.78, 5) is 28.8. The molecule has 138 valence electrons. The fraction of sp³-hybridized carbons (Fsp3) is 0.316. The Morgan fingerprint density at radius 3 is 2.54 bits per heavy atom. The molecule has 1 unspecified atom stereocenters. The van der Waals surface area contributed by atoms with Crippen LogP contribution in [0.25, 0.3) is 11.3 Å². The van der Waals surface area contributed by atoms with Gasteiger partial charge in [-0.05, 0) is 51.1 Å². The molecule has 0 aliphatic heterocycles. The number of nitrogens with one attached hydrogen (secondary N) is 2. The lowest BCUT2D eigenvalue weighted by Gasteiger charge is -2.30. The van der Waals surface area contributed by atoms with E-state index >= 15 is 0 Å². The first-order valence-electron chi connectivity index (χ1n) is 8.12. The van der Waals surface area contributed by atoms with Crippen molar-refractivity contribution in [2.24, 2.45) is 5.41 Å². The number of carbonyl (C=O) groups is 2. The van der Waals surface area contributed by atoms with E-state index in [2.05, 4.69) is 15.6 Å². The third kappa shape index (κ3) is 4.19. The van der Waals surface area contributed by atoms with Gasteiger partial charge in [0.25, 0.3) is 5.91 Å². The predicted molar refractivity (Wildman–Crippen MR) is 99.4 cm³/mol. The Hall–Kier alpha value is -2.47. The van der Waals surface area contributed by atoms with E-state index in [-0.39, 0.29) is 16.6 Å². The zero-order chi connectivity index (χ0) is 19.5. The van der Waals surface area contributed by atoms with Crippen LogP contribution in [0.1, 0.15) is 31.3 Å². The van der Waals surface area contributed by atoms with Gasteiger partial charge in [-0.1, -0.05) is 17.7 Å². The van der Waals surface area contributed by atoms with Crippen LogP contribution in [0.15, 0.2) is 36.4 Å². The number of hydrogen-bond acceptors (Lipinski definition) is 3.